The summed E-state index contributed by atoms with van der Waals surface area (Å²) < 4.78 is 6.26. The monoisotopic (exact) mass is 300 g/mol. The van der Waals surface area contributed by atoms with Crippen molar-refractivity contribution in [3.8, 4) is 11.5 Å². The maximum absolute atomic E-state index is 10.5. The van der Waals surface area contributed by atoms with Gasteiger partial charge in [0.05, 0.1) is 5.56 Å². The minimum absolute atomic E-state index is 0.230. The van der Waals surface area contributed by atoms with Crippen molar-refractivity contribution in [1.82, 2.24) is 0 Å². The molecule has 2 aliphatic rings. The molecule has 1 aromatic rings. The molecule has 1 N–H and O–H groups in total. The number of ether oxygens (including phenoxy) is 1. The van der Waals surface area contributed by atoms with Gasteiger partial charge in [-0.2, -0.15) is 0 Å². The van der Waals surface area contributed by atoms with Gasteiger partial charge in [0.2, 0.25) is 0 Å². The molecule has 0 saturated heterocycles. The number of hydrogen-bond donors (Lipinski definition) is 1. The van der Waals surface area contributed by atoms with Crippen LogP contribution < -0.4 is 4.74 Å². The van der Waals surface area contributed by atoms with Crippen LogP contribution in [-0.4, -0.2) is 10.7 Å². The Morgan fingerprint density at radius 1 is 1.14 bits per heavy atom. The lowest BCUT2D eigenvalue weighted by Gasteiger charge is -2.35. The van der Waals surface area contributed by atoms with Crippen molar-refractivity contribution in [2.45, 2.75) is 77.7 Å². The highest BCUT2D eigenvalue weighted by molar-refractivity contribution is 5.82. The first kappa shape index (κ1) is 15.5. The van der Waals surface area contributed by atoms with Gasteiger partial charge >= 0.3 is 0 Å². The van der Waals surface area contributed by atoms with Crippen molar-refractivity contribution >= 4 is 5.57 Å². The van der Waals surface area contributed by atoms with E-state index in [9.17, 15) is 5.11 Å². The summed E-state index contributed by atoms with van der Waals surface area (Å²) in [6.07, 6.45) is 9.35. The van der Waals surface area contributed by atoms with Crippen molar-refractivity contribution in [2.75, 3.05) is 0 Å². The van der Waals surface area contributed by atoms with Crippen LogP contribution in [0.1, 0.15) is 76.8 Å². The van der Waals surface area contributed by atoms with E-state index in [0.29, 0.717) is 5.75 Å². The molecule has 1 aromatic carbocycles. The summed E-state index contributed by atoms with van der Waals surface area (Å²) in [4.78, 5) is 0. The summed E-state index contributed by atoms with van der Waals surface area (Å²) in [6.45, 7) is 6.54. The maximum atomic E-state index is 10.5. The largest absolute Gasteiger partial charge is 0.507 e. The Hall–Kier alpha value is -1.44. The molecule has 0 radical (unpaired) electrons. The van der Waals surface area contributed by atoms with Gasteiger partial charge in [0.15, 0.2) is 0 Å². The molecular weight excluding hydrogens is 272 g/mol. The molecule has 1 aliphatic carbocycles. The summed E-state index contributed by atoms with van der Waals surface area (Å²) in [7, 11) is 0. The van der Waals surface area contributed by atoms with Crippen LogP contribution in [0.5, 0.6) is 11.5 Å². The zero-order valence-corrected chi connectivity index (χ0v) is 14.2. The fourth-order valence-electron chi connectivity index (χ4n) is 3.96. The lowest BCUT2D eigenvalue weighted by atomic mass is 9.87. The molecule has 0 saturated carbocycles. The van der Waals surface area contributed by atoms with Gasteiger partial charge in [0.25, 0.3) is 0 Å². The molecule has 0 bridgehead atoms. The highest BCUT2D eigenvalue weighted by Gasteiger charge is 2.38. The summed E-state index contributed by atoms with van der Waals surface area (Å²) in [6, 6.07) is 4.11. The number of phenols is 1. The molecule has 120 valence electrons. The Bertz CT molecular complexity index is 596. The number of phenolic OH excluding ortho intramolecular Hbond substituents is 1. The van der Waals surface area contributed by atoms with Gasteiger partial charge in [0.1, 0.15) is 17.1 Å². The van der Waals surface area contributed by atoms with Gasteiger partial charge in [-0.25, -0.2) is 0 Å². The van der Waals surface area contributed by atoms with E-state index in [1.165, 1.54) is 48.8 Å². The first-order valence-corrected chi connectivity index (χ1v) is 8.80. The van der Waals surface area contributed by atoms with Crippen LogP contribution in [0.4, 0.5) is 0 Å². The van der Waals surface area contributed by atoms with Gasteiger partial charge < -0.3 is 9.84 Å². The molecule has 0 atom stereocenters. The molecule has 1 heterocycles. The molecule has 3 rings (SSSR count). The van der Waals surface area contributed by atoms with Crippen molar-refractivity contribution in [1.29, 1.82) is 0 Å². The topological polar surface area (TPSA) is 29.5 Å². The predicted molar refractivity (Wildman–Crippen MR) is 91.4 cm³/mol. The Labute approximate surface area is 134 Å². The van der Waals surface area contributed by atoms with Crippen LogP contribution in [0, 0.1) is 0 Å². The van der Waals surface area contributed by atoms with Crippen LogP contribution in [-0.2, 0) is 6.42 Å². The first-order valence-electron chi connectivity index (χ1n) is 8.80. The van der Waals surface area contributed by atoms with Crippen LogP contribution in [0.15, 0.2) is 17.7 Å². The number of benzene rings is 1. The van der Waals surface area contributed by atoms with Crippen LogP contribution in [0.25, 0.3) is 5.57 Å². The minimum Gasteiger partial charge on any atom is -0.507 e. The molecule has 22 heavy (non-hydrogen) atoms. The van der Waals surface area contributed by atoms with Crippen LogP contribution in [0.2, 0.25) is 0 Å². The molecule has 1 aliphatic heterocycles. The number of fused-ring (bicyclic) bond motifs is 2. The number of aromatic hydroxyl groups is 1. The minimum atomic E-state index is -0.230. The van der Waals surface area contributed by atoms with E-state index in [4.69, 9.17) is 4.74 Å². The van der Waals surface area contributed by atoms with Crippen molar-refractivity contribution in [3.05, 3.63) is 28.8 Å². The van der Waals surface area contributed by atoms with E-state index >= 15 is 0 Å². The van der Waals surface area contributed by atoms with E-state index in [1.54, 1.807) is 0 Å². The normalized spacial score (nSPS) is 18.9. The zero-order valence-electron chi connectivity index (χ0n) is 14.2. The highest BCUT2D eigenvalue weighted by Crippen LogP contribution is 2.51. The third kappa shape index (κ3) is 2.76. The maximum Gasteiger partial charge on any atom is 0.132 e. The molecule has 0 spiro atoms. The van der Waals surface area contributed by atoms with Crippen LogP contribution >= 0.6 is 0 Å². The van der Waals surface area contributed by atoms with Gasteiger partial charge in [-0.1, -0.05) is 26.2 Å². The lowest BCUT2D eigenvalue weighted by molar-refractivity contribution is 0.141. The fraction of sp³-hybridized carbons (Fsp3) is 0.600. The van der Waals surface area contributed by atoms with E-state index in [0.717, 1.165) is 30.6 Å². The summed E-state index contributed by atoms with van der Waals surface area (Å²) >= 11 is 0. The zero-order chi connectivity index (χ0) is 15.7. The molecule has 0 aromatic heterocycles. The second kappa shape index (κ2) is 5.98. The molecule has 2 heteroatoms. The quantitative estimate of drug-likeness (QED) is 0.715. The summed E-state index contributed by atoms with van der Waals surface area (Å²) in [5.41, 5.74) is 4.65. The molecule has 0 fully saturated rings. The third-order valence-electron chi connectivity index (χ3n) is 5.07. The second-order valence-electron chi connectivity index (χ2n) is 7.22. The number of unbranched alkanes of at least 4 members (excludes halogenated alkanes) is 3. The Morgan fingerprint density at radius 3 is 2.73 bits per heavy atom. The number of allylic oxidation sites excluding steroid dienone is 1. The smallest absolute Gasteiger partial charge is 0.132 e. The van der Waals surface area contributed by atoms with Gasteiger partial charge in [0, 0.05) is 0 Å². The van der Waals surface area contributed by atoms with E-state index in [-0.39, 0.29) is 5.60 Å². The van der Waals surface area contributed by atoms with Crippen molar-refractivity contribution < 1.29 is 9.84 Å². The Kier molecular flexibility index (Phi) is 4.20. The average molecular weight is 300 g/mol. The van der Waals surface area contributed by atoms with Crippen molar-refractivity contribution in [3.63, 3.8) is 0 Å². The third-order valence-corrected chi connectivity index (χ3v) is 5.07. The average Bonchev–Trinajstić information content (AvgIpc) is 2.93. The molecular formula is C20H28O2. The van der Waals surface area contributed by atoms with Crippen LogP contribution in [0.3, 0.4) is 0 Å². The summed E-state index contributed by atoms with van der Waals surface area (Å²) in [5, 5.41) is 10.5. The van der Waals surface area contributed by atoms with Gasteiger partial charge in [-0.15, -0.1) is 0 Å². The Morgan fingerprint density at radius 2 is 1.95 bits per heavy atom. The number of rotatable bonds is 5. The van der Waals surface area contributed by atoms with E-state index in [2.05, 4.69) is 26.8 Å². The number of aryl methyl sites for hydroxylation is 1. The standard InChI is InChI=1S/C20H28O2/c1-4-5-6-7-9-14-12-17(21)19-15-10-8-11-16(15)20(2,3)22-18(19)13-14/h12-13,21H,4-11H2,1-3H3. The van der Waals surface area contributed by atoms with E-state index < -0.39 is 0 Å². The first-order chi connectivity index (χ1) is 10.5. The van der Waals surface area contributed by atoms with Gasteiger partial charge in [-0.05, 0) is 74.8 Å². The second-order valence-corrected chi connectivity index (χ2v) is 7.22. The van der Waals surface area contributed by atoms with Gasteiger partial charge in [-0.3, -0.25) is 0 Å². The Balaban J connectivity index is 1.89. The fourth-order valence-corrected chi connectivity index (χ4v) is 3.96. The predicted octanol–water partition coefficient (Wildman–Crippen LogP) is 5.62. The van der Waals surface area contributed by atoms with E-state index in [1.807, 2.05) is 6.07 Å². The molecule has 0 unspecified atom stereocenters. The molecule has 2 nitrogen and oxygen atoms in total. The molecule has 0 amide bonds. The van der Waals surface area contributed by atoms with Crippen molar-refractivity contribution in [2.24, 2.45) is 0 Å². The summed E-state index contributed by atoms with van der Waals surface area (Å²) in [5.74, 6) is 1.30. The lowest BCUT2D eigenvalue weighted by Crippen LogP contribution is -2.33. The number of hydrogen-bond acceptors (Lipinski definition) is 2. The highest BCUT2D eigenvalue weighted by atomic mass is 16.5. The SMILES string of the molecule is CCCCCCc1cc(O)c2c(c1)OC(C)(C)C1=C2CCC1.